The van der Waals surface area contributed by atoms with Crippen LogP contribution in [0.4, 0.5) is 0 Å². The number of hydrogen-bond donors (Lipinski definition) is 1. The molecule has 1 rings (SSSR count). The summed E-state index contributed by atoms with van der Waals surface area (Å²) in [5.74, 6) is 4.23. The summed E-state index contributed by atoms with van der Waals surface area (Å²) in [6, 6.07) is 0.328. The summed E-state index contributed by atoms with van der Waals surface area (Å²) in [6.07, 6.45) is 11.8. The lowest BCUT2D eigenvalue weighted by Crippen LogP contribution is -2.34. The van der Waals surface area contributed by atoms with Crippen molar-refractivity contribution in [2.75, 3.05) is 0 Å². The fraction of sp³-hybridized carbons (Fsp3) is 0.905. The Kier molecular flexibility index (Phi) is 8.75. The predicted octanol–water partition coefficient (Wildman–Crippen LogP) is 6.18. The van der Waals surface area contributed by atoms with Crippen molar-refractivity contribution in [3.8, 4) is 0 Å². The van der Waals surface area contributed by atoms with Gasteiger partial charge in [-0.3, -0.25) is 0 Å². The van der Waals surface area contributed by atoms with Gasteiger partial charge in [0.25, 0.3) is 0 Å². The molecule has 1 nitrogen and oxygen atoms in total. The zero-order valence-electron chi connectivity index (χ0n) is 16.1. The average Bonchev–Trinajstić information content (AvgIpc) is 2.91. The third kappa shape index (κ3) is 6.07. The molecule has 0 bridgehead atoms. The first-order valence-electron chi connectivity index (χ1n) is 9.76. The van der Waals surface area contributed by atoms with E-state index in [-0.39, 0.29) is 0 Å². The summed E-state index contributed by atoms with van der Waals surface area (Å²) >= 11 is 0. The van der Waals surface area contributed by atoms with Crippen molar-refractivity contribution in [3.05, 3.63) is 11.6 Å². The van der Waals surface area contributed by atoms with Crippen LogP contribution < -0.4 is 5.73 Å². The van der Waals surface area contributed by atoms with Crippen LogP contribution in [0.1, 0.15) is 86.5 Å². The second-order valence-electron chi connectivity index (χ2n) is 8.26. The molecular weight excluding hydrogens is 266 g/mol. The number of rotatable bonds is 9. The Morgan fingerprint density at radius 2 is 1.95 bits per heavy atom. The SMILES string of the molecule is C/C=C(/C)CCC(C)C(CC(CC)C1CCC(C)C1)C(C)N. The van der Waals surface area contributed by atoms with Gasteiger partial charge in [-0.25, -0.2) is 0 Å². The molecule has 0 aliphatic heterocycles. The number of nitrogens with two attached hydrogens (primary N) is 1. The van der Waals surface area contributed by atoms with Crippen LogP contribution in [-0.4, -0.2) is 6.04 Å². The van der Waals surface area contributed by atoms with Crippen LogP contribution in [0.25, 0.3) is 0 Å². The van der Waals surface area contributed by atoms with Gasteiger partial charge in [-0.1, -0.05) is 45.3 Å². The molecule has 1 fully saturated rings. The van der Waals surface area contributed by atoms with Gasteiger partial charge in [0.2, 0.25) is 0 Å². The lowest BCUT2D eigenvalue weighted by atomic mass is 9.74. The summed E-state index contributed by atoms with van der Waals surface area (Å²) in [5, 5.41) is 0. The minimum absolute atomic E-state index is 0.328. The van der Waals surface area contributed by atoms with Crippen molar-refractivity contribution < 1.29 is 0 Å². The van der Waals surface area contributed by atoms with Gasteiger partial charge >= 0.3 is 0 Å². The van der Waals surface area contributed by atoms with Gasteiger partial charge in [-0.05, 0) is 82.5 Å². The number of hydrogen-bond acceptors (Lipinski definition) is 1. The normalized spacial score (nSPS) is 28.4. The molecule has 0 heterocycles. The quantitative estimate of drug-likeness (QED) is 0.505. The van der Waals surface area contributed by atoms with E-state index < -0.39 is 0 Å². The Hall–Kier alpha value is -0.300. The fourth-order valence-electron chi connectivity index (χ4n) is 4.50. The lowest BCUT2D eigenvalue weighted by Gasteiger charge is -2.33. The van der Waals surface area contributed by atoms with Gasteiger partial charge in [0, 0.05) is 6.04 Å². The first-order valence-corrected chi connectivity index (χ1v) is 9.76. The summed E-state index contributed by atoms with van der Waals surface area (Å²) < 4.78 is 0. The molecule has 6 unspecified atom stereocenters. The summed E-state index contributed by atoms with van der Waals surface area (Å²) in [6.45, 7) is 13.9. The van der Waals surface area contributed by atoms with Gasteiger partial charge < -0.3 is 5.73 Å². The van der Waals surface area contributed by atoms with Crippen LogP contribution >= 0.6 is 0 Å². The molecule has 0 aromatic carbocycles. The summed E-state index contributed by atoms with van der Waals surface area (Å²) in [5.41, 5.74) is 7.91. The maximum absolute atomic E-state index is 6.39. The second-order valence-corrected chi connectivity index (χ2v) is 8.26. The third-order valence-electron chi connectivity index (χ3n) is 6.39. The van der Waals surface area contributed by atoms with Gasteiger partial charge in [-0.15, -0.1) is 0 Å². The molecule has 6 atom stereocenters. The molecule has 1 heteroatoms. The Bertz CT molecular complexity index is 331. The molecule has 0 amide bonds. The minimum Gasteiger partial charge on any atom is -0.328 e. The molecular formula is C21H41N. The van der Waals surface area contributed by atoms with Crippen molar-refractivity contribution >= 4 is 0 Å². The van der Waals surface area contributed by atoms with Crippen LogP contribution in [-0.2, 0) is 0 Å². The van der Waals surface area contributed by atoms with Gasteiger partial charge in [0.05, 0.1) is 0 Å². The van der Waals surface area contributed by atoms with Gasteiger partial charge in [0.1, 0.15) is 0 Å². The summed E-state index contributed by atoms with van der Waals surface area (Å²) in [7, 11) is 0. The fourth-order valence-corrected chi connectivity index (χ4v) is 4.50. The molecule has 0 radical (unpaired) electrons. The highest BCUT2D eigenvalue weighted by Gasteiger charge is 2.31. The topological polar surface area (TPSA) is 26.0 Å². The van der Waals surface area contributed by atoms with E-state index in [1.54, 1.807) is 0 Å². The van der Waals surface area contributed by atoms with E-state index in [0.717, 1.165) is 23.7 Å². The molecule has 1 aliphatic carbocycles. The van der Waals surface area contributed by atoms with Crippen molar-refractivity contribution in [3.63, 3.8) is 0 Å². The van der Waals surface area contributed by atoms with Crippen LogP contribution in [0.2, 0.25) is 0 Å². The Morgan fingerprint density at radius 3 is 2.41 bits per heavy atom. The van der Waals surface area contributed by atoms with Crippen molar-refractivity contribution in [1.29, 1.82) is 0 Å². The molecule has 0 spiro atoms. The number of allylic oxidation sites excluding steroid dienone is 2. The lowest BCUT2D eigenvalue weighted by molar-refractivity contribution is 0.191. The van der Waals surface area contributed by atoms with Crippen LogP contribution in [0.5, 0.6) is 0 Å². The maximum atomic E-state index is 6.39. The minimum atomic E-state index is 0.328. The van der Waals surface area contributed by atoms with Gasteiger partial charge in [0.15, 0.2) is 0 Å². The highest BCUT2D eigenvalue weighted by molar-refractivity contribution is 4.96. The standard InChI is InChI=1S/C21H41N/c1-7-15(3)9-11-17(5)21(18(6)22)14-19(8-2)20-12-10-16(4)13-20/h7,16-21H,8-14,22H2,1-6H3/b15-7-. The molecule has 130 valence electrons. The highest BCUT2D eigenvalue weighted by Crippen LogP contribution is 2.41. The Morgan fingerprint density at radius 1 is 1.27 bits per heavy atom. The average molecular weight is 308 g/mol. The van der Waals surface area contributed by atoms with E-state index >= 15 is 0 Å². The van der Waals surface area contributed by atoms with E-state index in [4.69, 9.17) is 5.73 Å². The van der Waals surface area contributed by atoms with E-state index in [2.05, 4.69) is 47.6 Å². The van der Waals surface area contributed by atoms with Crippen molar-refractivity contribution in [2.45, 2.75) is 92.5 Å². The molecule has 0 saturated heterocycles. The van der Waals surface area contributed by atoms with Gasteiger partial charge in [-0.2, -0.15) is 0 Å². The maximum Gasteiger partial charge on any atom is 0.00414 e. The van der Waals surface area contributed by atoms with Crippen LogP contribution in [0.15, 0.2) is 11.6 Å². The predicted molar refractivity (Wildman–Crippen MR) is 99.9 cm³/mol. The monoisotopic (exact) mass is 307 g/mol. The molecule has 0 aromatic rings. The van der Waals surface area contributed by atoms with Crippen LogP contribution in [0.3, 0.4) is 0 Å². The largest absolute Gasteiger partial charge is 0.328 e. The zero-order valence-corrected chi connectivity index (χ0v) is 16.1. The zero-order chi connectivity index (χ0) is 16.7. The highest BCUT2D eigenvalue weighted by atomic mass is 14.6. The molecule has 0 aromatic heterocycles. The first kappa shape index (κ1) is 19.7. The third-order valence-corrected chi connectivity index (χ3v) is 6.39. The van der Waals surface area contributed by atoms with E-state index in [1.807, 2.05) is 0 Å². The first-order chi connectivity index (χ1) is 10.4. The molecule has 1 saturated carbocycles. The second kappa shape index (κ2) is 9.75. The van der Waals surface area contributed by atoms with E-state index in [1.165, 1.54) is 50.5 Å². The summed E-state index contributed by atoms with van der Waals surface area (Å²) in [4.78, 5) is 0. The Balaban J connectivity index is 2.61. The molecule has 1 aliphatic rings. The van der Waals surface area contributed by atoms with Crippen LogP contribution in [0, 0.1) is 29.6 Å². The Labute approximate surface area is 140 Å². The van der Waals surface area contributed by atoms with Crippen molar-refractivity contribution in [2.24, 2.45) is 35.3 Å². The molecule has 22 heavy (non-hydrogen) atoms. The smallest absolute Gasteiger partial charge is 0.00414 e. The van der Waals surface area contributed by atoms with E-state index in [9.17, 15) is 0 Å². The molecule has 2 N–H and O–H groups in total. The van der Waals surface area contributed by atoms with Crippen molar-refractivity contribution in [1.82, 2.24) is 0 Å². The van der Waals surface area contributed by atoms with E-state index in [0.29, 0.717) is 12.0 Å².